The quantitative estimate of drug-likeness (QED) is 0.828. The SMILES string of the molecule is Cc1ccc(O[C@H](C)C(=O)Nc2ccccc2C(=O)NC(C)C)c(C)c1. The molecule has 2 amide bonds. The van der Waals surface area contributed by atoms with E-state index in [1.807, 2.05) is 45.9 Å². The zero-order valence-corrected chi connectivity index (χ0v) is 15.9. The molecule has 0 aliphatic rings. The summed E-state index contributed by atoms with van der Waals surface area (Å²) in [6, 6.07) is 12.7. The van der Waals surface area contributed by atoms with Gasteiger partial charge in [-0.25, -0.2) is 0 Å². The lowest BCUT2D eigenvalue weighted by molar-refractivity contribution is -0.122. The summed E-state index contributed by atoms with van der Waals surface area (Å²) in [7, 11) is 0. The molecular weight excluding hydrogens is 328 g/mol. The third kappa shape index (κ3) is 5.09. The summed E-state index contributed by atoms with van der Waals surface area (Å²) in [5, 5.41) is 5.62. The molecule has 2 N–H and O–H groups in total. The lowest BCUT2D eigenvalue weighted by Crippen LogP contribution is -2.33. The Balaban J connectivity index is 2.10. The van der Waals surface area contributed by atoms with Gasteiger partial charge >= 0.3 is 0 Å². The first-order valence-electron chi connectivity index (χ1n) is 8.72. The van der Waals surface area contributed by atoms with E-state index in [9.17, 15) is 9.59 Å². The minimum Gasteiger partial charge on any atom is -0.481 e. The lowest BCUT2D eigenvalue weighted by Gasteiger charge is -2.18. The average Bonchev–Trinajstić information content (AvgIpc) is 2.57. The summed E-state index contributed by atoms with van der Waals surface area (Å²) >= 11 is 0. The lowest BCUT2D eigenvalue weighted by atomic mass is 10.1. The zero-order chi connectivity index (χ0) is 19.3. The van der Waals surface area contributed by atoms with E-state index in [0.29, 0.717) is 17.0 Å². The number of para-hydroxylation sites is 1. The maximum Gasteiger partial charge on any atom is 0.265 e. The van der Waals surface area contributed by atoms with Crippen LogP contribution in [0.25, 0.3) is 0 Å². The molecule has 0 aromatic heterocycles. The van der Waals surface area contributed by atoms with Crippen molar-refractivity contribution in [3.8, 4) is 5.75 Å². The van der Waals surface area contributed by atoms with Crippen LogP contribution in [0.1, 0.15) is 42.3 Å². The van der Waals surface area contributed by atoms with Crippen molar-refractivity contribution in [2.75, 3.05) is 5.32 Å². The number of benzene rings is 2. The Morgan fingerprint density at radius 3 is 2.35 bits per heavy atom. The first kappa shape index (κ1) is 19.5. The van der Waals surface area contributed by atoms with Crippen LogP contribution in [0.15, 0.2) is 42.5 Å². The molecule has 5 nitrogen and oxygen atoms in total. The van der Waals surface area contributed by atoms with E-state index in [1.165, 1.54) is 0 Å². The number of carbonyl (C=O) groups is 2. The minimum atomic E-state index is -0.697. The molecular formula is C21H26N2O3. The highest BCUT2D eigenvalue weighted by Crippen LogP contribution is 2.21. The highest BCUT2D eigenvalue weighted by atomic mass is 16.5. The van der Waals surface area contributed by atoms with Gasteiger partial charge in [-0.05, 0) is 58.4 Å². The van der Waals surface area contributed by atoms with Crippen LogP contribution in [0.4, 0.5) is 5.69 Å². The fourth-order valence-electron chi connectivity index (χ4n) is 2.54. The number of aryl methyl sites for hydroxylation is 2. The summed E-state index contributed by atoms with van der Waals surface area (Å²) in [6.07, 6.45) is -0.697. The predicted molar refractivity (Wildman–Crippen MR) is 104 cm³/mol. The monoisotopic (exact) mass is 354 g/mol. The molecule has 2 rings (SSSR count). The molecule has 1 atom stereocenters. The molecule has 0 radical (unpaired) electrons. The van der Waals surface area contributed by atoms with Crippen molar-refractivity contribution in [1.82, 2.24) is 5.32 Å². The number of nitrogens with one attached hydrogen (secondary N) is 2. The molecule has 0 saturated heterocycles. The van der Waals surface area contributed by atoms with Gasteiger partial charge in [0.05, 0.1) is 11.3 Å². The Kier molecular flexibility index (Phi) is 6.39. The molecule has 0 fully saturated rings. The third-order valence-corrected chi connectivity index (χ3v) is 3.85. The second-order valence-electron chi connectivity index (χ2n) is 6.69. The van der Waals surface area contributed by atoms with E-state index in [-0.39, 0.29) is 17.9 Å². The zero-order valence-electron chi connectivity index (χ0n) is 15.9. The Hall–Kier alpha value is -2.82. The highest BCUT2D eigenvalue weighted by molar-refractivity contribution is 6.04. The van der Waals surface area contributed by atoms with Gasteiger partial charge in [-0.15, -0.1) is 0 Å². The van der Waals surface area contributed by atoms with Crippen molar-refractivity contribution < 1.29 is 14.3 Å². The topological polar surface area (TPSA) is 67.4 Å². The first-order valence-corrected chi connectivity index (χ1v) is 8.72. The molecule has 2 aromatic carbocycles. The van der Waals surface area contributed by atoms with Crippen LogP contribution in [0.2, 0.25) is 0 Å². The van der Waals surface area contributed by atoms with Gasteiger partial charge in [-0.1, -0.05) is 29.8 Å². The molecule has 2 aromatic rings. The molecule has 0 aliphatic carbocycles. The number of ether oxygens (including phenoxy) is 1. The van der Waals surface area contributed by atoms with Crippen molar-refractivity contribution in [3.63, 3.8) is 0 Å². The Morgan fingerprint density at radius 1 is 1.00 bits per heavy atom. The number of carbonyl (C=O) groups excluding carboxylic acids is 2. The van der Waals surface area contributed by atoms with Crippen LogP contribution < -0.4 is 15.4 Å². The van der Waals surface area contributed by atoms with E-state index in [1.54, 1.807) is 31.2 Å². The normalized spacial score (nSPS) is 11.8. The Bertz CT molecular complexity index is 800. The van der Waals surface area contributed by atoms with Gasteiger partial charge < -0.3 is 15.4 Å². The molecule has 0 unspecified atom stereocenters. The standard InChI is InChI=1S/C21H26N2O3/c1-13(2)22-21(25)17-8-6-7-9-18(17)23-20(24)16(5)26-19-11-10-14(3)12-15(19)4/h6-13,16H,1-5H3,(H,22,25)(H,23,24)/t16-/m1/s1. The van der Waals surface area contributed by atoms with E-state index < -0.39 is 6.10 Å². The van der Waals surface area contributed by atoms with Crippen molar-refractivity contribution in [2.45, 2.75) is 46.8 Å². The Labute approximate surface area is 154 Å². The van der Waals surface area contributed by atoms with Gasteiger partial charge in [0, 0.05) is 6.04 Å². The second kappa shape index (κ2) is 8.52. The van der Waals surface area contributed by atoms with Gasteiger partial charge in [0.2, 0.25) is 0 Å². The van der Waals surface area contributed by atoms with Crippen molar-refractivity contribution in [3.05, 3.63) is 59.2 Å². The van der Waals surface area contributed by atoms with Gasteiger partial charge in [0.1, 0.15) is 5.75 Å². The predicted octanol–water partition coefficient (Wildman–Crippen LogP) is 3.85. The highest BCUT2D eigenvalue weighted by Gasteiger charge is 2.19. The van der Waals surface area contributed by atoms with E-state index >= 15 is 0 Å². The molecule has 0 saturated carbocycles. The van der Waals surface area contributed by atoms with Crippen LogP contribution in [0, 0.1) is 13.8 Å². The van der Waals surface area contributed by atoms with Crippen LogP contribution >= 0.6 is 0 Å². The second-order valence-corrected chi connectivity index (χ2v) is 6.69. The van der Waals surface area contributed by atoms with Gasteiger partial charge in [-0.2, -0.15) is 0 Å². The van der Waals surface area contributed by atoms with Gasteiger partial charge in [-0.3, -0.25) is 9.59 Å². The summed E-state index contributed by atoms with van der Waals surface area (Å²) in [4.78, 5) is 24.8. The summed E-state index contributed by atoms with van der Waals surface area (Å²) in [5.41, 5.74) is 3.00. The van der Waals surface area contributed by atoms with E-state index in [0.717, 1.165) is 11.1 Å². The summed E-state index contributed by atoms with van der Waals surface area (Å²) < 4.78 is 5.79. The molecule has 0 bridgehead atoms. The van der Waals surface area contributed by atoms with Crippen LogP contribution in [0.3, 0.4) is 0 Å². The van der Waals surface area contributed by atoms with Gasteiger partial charge in [0.25, 0.3) is 11.8 Å². The average molecular weight is 354 g/mol. The number of rotatable bonds is 6. The van der Waals surface area contributed by atoms with E-state index in [4.69, 9.17) is 4.74 Å². The van der Waals surface area contributed by atoms with Crippen LogP contribution in [-0.4, -0.2) is 24.0 Å². The number of hydrogen-bond donors (Lipinski definition) is 2. The van der Waals surface area contributed by atoms with Crippen LogP contribution in [0.5, 0.6) is 5.75 Å². The molecule has 0 heterocycles. The summed E-state index contributed by atoms with van der Waals surface area (Å²) in [6.45, 7) is 9.41. The van der Waals surface area contributed by atoms with E-state index in [2.05, 4.69) is 10.6 Å². The largest absolute Gasteiger partial charge is 0.481 e. The summed E-state index contributed by atoms with van der Waals surface area (Å²) in [5.74, 6) is 0.137. The van der Waals surface area contributed by atoms with Crippen molar-refractivity contribution in [2.24, 2.45) is 0 Å². The first-order chi connectivity index (χ1) is 12.3. The minimum absolute atomic E-state index is 0.0121. The van der Waals surface area contributed by atoms with Crippen LogP contribution in [-0.2, 0) is 4.79 Å². The number of hydrogen-bond acceptors (Lipinski definition) is 3. The number of anilines is 1. The fourth-order valence-corrected chi connectivity index (χ4v) is 2.54. The Morgan fingerprint density at radius 2 is 1.69 bits per heavy atom. The maximum absolute atomic E-state index is 12.5. The molecule has 5 heteroatoms. The van der Waals surface area contributed by atoms with Gasteiger partial charge in [0.15, 0.2) is 6.10 Å². The van der Waals surface area contributed by atoms with Crippen molar-refractivity contribution >= 4 is 17.5 Å². The molecule has 0 aliphatic heterocycles. The molecule has 138 valence electrons. The fraction of sp³-hybridized carbons (Fsp3) is 0.333. The van der Waals surface area contributed by atoms with Crippen molar-refractivity contribution in [1.29, 1.82) is 0 Å². The third-order valence-electron chi connectivity index (χ3n) is 3.85. The smallest absolute Gasteiger partial charge is 0.265 e. The maximum atomic E-state index is 12.5. The molecule has 0 spiro atoms. The number of amides is 2. The molecule has 26 heavy (non-hydrogen) atoms.